The molecule has 0 bridgehead atoms. The van der Waals surface area contributed by atoms with Crippen molar-refractivity contribution in [1.82, 2.24) is 10.3 Å². The molecule has 1 aliphatic heterocycles. The maximum atomic E-state index is 5.74. The summed E-state index contributed by atoms with van der Waals surface area (Å²) in [5, 5.41) is 3.15. The normalized spacial score (nSPS) is 19.0. The number of rotatable bonds is 3. The van der Waals surface area contributed by atoms with E-state index in [2.05, 4.69) is 42.0 Å². The van der Waals surface area contributed by atoms with Crippen molar-refractivity contribution in [2.45, 2.75) is 32.9 Å². The molecule has 1 aromatic rings. The van der Waals surface area contributed by atoms with Gasteiger partial charge in [0.15, 0.2) is 0 Å². The third-order valence-electron chi connectivity index (χ3n) is 3.21. The number of nitrogens with zero attached hydrogens (tertiary/aromatic N) is 2. The lowest BCUT2D eigenvalue weighted by Gasteiger charge is -2.39. The van der Waals surface area contributed by atoms with Gasteiger partial charge in [-0.1, -0.05) is 0 Å². The van der Waals surface area contributed by atoms with Crippen LogP contribution >= 0.6 is 0 Å². The van der Waals surface area contributed by atoms with Crippen LogP contribution in [0, 0.1) is 6.92 Å². The fraction of sp³-hybridized carbons (Fsp3) is 0.643. The molecule has 0 aliphatic carbocycles. The molecule has 0 radical (unpaired) electrons. The van der Waals surface area contributed by atoms with Crippen LogP contribution in [-0.2, 0) is 11.3 Å². The lowest BCUT2D eigenvalue weighted by molar-refractivity contribution is -0.0279. The summed E-state index contributed by atoms with van der Waals surface area (Å²) in [7, 11) is 1.95. The molecule has 2 heterocycles. The number of aryl methyl sites for hydroxylation is 1. The van der Waals surface area contributed by atoms with Crippen molar-refractivity contribution in [3.05, 3.63) is 23.4 Å². The first-order valence-electron chi connectivity index (χ1n) is 6.51. The monoisotopic (exact) mass is 249 g/mol. The Morgan fingerprint density at radius 2 is 2.28 bits per heavy atom. The second-order valence-corrected chi connectivity index (χ2v) is 5.54. The van der Waals surface area contributed by atoms with Gasteiger partial charge in [-0.3, -0.25) is 0 Å². The molecule has 0 saturated carbocycles. The zero-order valence-electron chi connectivity index (χ0n) is 11.8. The van der Waals surface area contributed by atoms with E-state index >= 15 is 0 Å². The molecule has 1 saturated heterocycles. The van der Waals surface area contributed by atoms with E-state index in [0.717, 1.165) is 32.1 Å². The van der Waals surface area contributed by atoms with Crippen LogP contribution in [0.1, 0.15) is 25.0 Å². The van der Waals surface area contributed by atoms with E-state index in [0.29, 0.717) is 0 Å². The smallest absolute Gasteiger partial charge is 0.131 e. The van der Waals surface area contributed by atoms with Gasteiger partial charge in [0, 0.05) is 25.8 Å². The Bertz CT molecular complexity index is 418. The highest BCUT2D eigenvalue weighted by atomic mass is 16.5. The Balaban J connectivity index is 2.18. The van der Waals surface area contributed by atoms with Crippen molar-refractivity contribution < 1.29 is 4.74 Å². The van der Waals surface area contributed by atoms with Gasteiger partial charge in [-0.15, -0.1) is 0 Å². The van der Waals surface area contributed by atoms with Crippen LogP contribution in [0.15, 0.2) is 12.3 Å². The Hall–Kier alpha value is -1.13. The second-order valence-electron chi connectivity index (χ2n) is 5.54. The molecule has 0 unspecified atom stereocenters. The zero-order valence-corrected chi connectivity index (χ0v) is 11.8. The predicted octanol–water partition coefficient (Wildman–Crippen LogP) is 1.72. The topological polar surface area (TPSA) is 37.4 Å². The summed E-state index contributed by atoms with van der Waals surface area (Å²) in [4.78, 5) is 6.94. The fourth-order valence-corrected chi connectivity index (χ4v) is 2.45. The average Bonchev–Trinajstić information content (AvgIpc) is 2.28. The standard InChI is InChI=1S/C14H23N3O/c1-11-7-12(8-15-4)9-16-13(11)17-5-6-18-14(2,3)10-17/h7,9,15H,5-6,8,10H2,1-4H3. The minimum atomic E-state index is -0.0873. The molecule has 1 aromatic heterocycles. The molecular formula is C14H23N3O. The van der Waals surface area contributed by atoms with Crippen molar-refractivity contribution in [3.63, 3.8) is 0 Å². The van der Waals surface area contributed by atoms with Gasteiger partial charge in [0.05, 0.1) is 12.2 Å². The van der Waals surface area contributed by atoms with E-state index in [1.165, 1.54) is 11.1 Å². The van der Waals surface area contributed by atoms with Gasteiger partial charge in [0.25, 0.3) is 0 Å². The molecular weight excluding hydrogens is 226 g/mol. The van der Waals surface area contributed by atoms with Gasteiger partial charge in [-0.05, 0) is 45.0 Å². The van der Waals surface area contributed by atoms with Crippen LogP contribution in [0.2, 0.25) is 0 Å². The SMILES string of the molecule is CNCc1cnc(N2CCOC(C)(C)C2)c(C)c1. The molecule has 0 amide bonds. The molecule has 1 N–H and O–H groups in total. The van der Waals surface area contributed by atoms with Crippen LogP contribution in [0.4, 0.5) is 5.82 Å². The molecule has 0 aromatic carbocycles. The number of hydrogen-bond donors (Lipinski definition) is 1. The summed E-state index contributed by atoms with van der Waals surface area (Å²) in [6.07, 6.45) is 1.96. The number of ether oxygens (including phenoxy) is 1. The molecule has 4 nitrogen and oxygen atoms in total. The Kier molecular flexibility index (Phi) is 3.88. The minimum absolute atomic E-state index is 0.0873. The summed E-state index contributed by atoms with van der Waals surface area (Å²) < 4.78 is 5.74. The summed E-state index contributed by atoms with van der Waals surface area (Å²) in [5.74, 6) is 1.09. The van der Waals surface area contributed by atoms with E-state index < -0.39 is 0 Å². The van der Waals surface area contributed by atoms with Crippen molar-refractivity contribution in [1.29, 1.82) is 0 Å². The number of hydrogen-bond acceptors (Lipinski definition) is 4. The molecule has 18 heavy (non-hydrogen) atoms. The van der Waals surface area contributed by atoms with Crippen LogP contribution in [0.25, 0.3) is 0 Å². The largest absolute Gasteiger partial charge is 0.372 e. The lowest BCUT2D eigenvalue weighted by Crippen LogP contribution is -2.48. The number of morpholine rings is 1. The molecule has 0 atom stereocenters. The Labute approximate surface area is 109 Å². The van der Waals surface area contributed by atoms with E-state index in [4.69, 9.17) is 4.74 Å². The lowest BCUT2D eigenvalue weighted by atomic mass is 10.1. The third kappa shape index (κ3) is 3.00. The van der Waals surface area contributed by atoms with E-state index in [-0.39, 0.29) is 5.60 Å². The van der Waals surface area contributed by atoms with Crippen molar-refractivity contribution >= 4 is 5.82 Å². The van der Waals surface area contributed by atoms with E-state index in [9.17, 15) is 0 Å². The third-order valence-corrected chi connectivity index (χ3v) is 3.21. The van der Waals surface area contributed by atoms with E-state index in [1.807, 2.05) is 13.2 Å². The maximum Gasteiger partial charge on any atom is 0.131 e. The van der Waals surface area contributed by atoms with Crippen LogP contribution in [0.3, 0.4) is 0 Å². The summed E-state index contributed by atoms with van der Waals surface area (Å²) in [6, 6.07) is 2.21. The van der Waals surface area contributed by atoms with E-state index in [1.54, 1.807) is 0 Å². The Morgan fingerprint density at radius 1 is 1.50 bits per heavy atom. The fourth-order valence-electron chi connectivity index (χ4n) is 2.45. The van der Waals surface area contributed by atoms with Crippen LogP contribution in [0.5, 0.6) is 0 Å². The predicted molar refractivity (Wildman–Crippen MR) is 74.0 cm³/mol. The first kappa shape index (κ1) is 13.3. The zero-order chi connectivity index (χ0) is 13.2. The summed E-state index contributed by atoms with van der Waals surface area (Å²) in [6.45, 7) is 9.83. The first-order valence-corrected chi connectivity index (χ1v) is 6.51. The Morgan fingerprint density at radius 3 is 2.89 bits per heavy atom. The average molecular weight is 249 g/mol. The number of aromatic nitrogens is 1. The van der Waals surface area contributed by atoms with Gasteiger partial charge in [-0.25, -0.2) is 4.98 Å². The quantitative estimate of drug-likeness (QED) is 0.885. The molecule has 100 valence electrons. The second kappa shape index (κ2) is 5.24. The highest BCUT2D eigenvalue weighted by molar-refractivity contribution is 5.48. The van der Waals surface area contributed by atoms with Crippen molar-refractivity contribution in [2.24, 2.45) is 0 Å². The van der Waals surface area contributed by atoms with Crippen LogP contribution in [-0.4, -0.2) is 37.3 Å². The van der Waals surface area contributed by atoms with Gasteiger partial charge >= 0.3 is 0 Å². The maximum absolute atomic E-state index is 5.74. The molecule has 1 fully saturated rings. The highest BCUT2D eigenvalue weighted by Gasteiger charge is 2.28. The first-order chi connectivity index (χ1) is 8.52. The van der Waals surface area contributed by atoms with Gasteiger partial charge in [-0.2, -0.15) is 0 Å². The number of pyridine rings is 1. The van der Waals surface area contributed by atoms with Crippen LogP contribution < -0.4 is 10.2 Å². The van der Waals surface area contributed by atoms with Gasteiger partial charge in [0.2, 0.25) is 0 Å². The molecule has 2 rings (SSSR count). The molecule has 1 aliphatic rings. The number of anilines is 1. The summed E-state index contributed by atoms with van der Waals surface area (Å²) in [5.41, 5.74) is 2.38. The van der Waals surface area contributed by atoms with Crippen molar-refractivity contribution in [2.75, 3.05) is 31.6 Å². The molecule has 4 heteroatoms. The van der Waals surface area contributed by atoms with Gasteiger partial charge < -0.3 is 15.0 Å². The summed E-state index contributed by atoms with van der Waals surface area (Å²) >= 11 is 0. The van der Waals surface area contributed by atoms with Crippen molar-refractivity contribution in [3.8, 4) is 0 Å². The number of nitrogens with one attached hydrogen (secondary N) is 1. The van der Waals surface area contributed by atoms with Gasteiger partial charge in [0.1, 0.15) is 5.82 Å². The minimum Gasteiger partial charge on any atom is -0.372 e. The highest BCUT2D eigenvalue weighted by Crippen LogP contribution is 2.24. The molecule has 0 spiro atoms.